The van der Waals surface area contributed by atoms with Crippen molar-refractivity contribution in [1.29, 1.82) is 0 Å². The van der Waals surface area contributed by atoms with Gasteiger partial charge in [0.05, 0.1) is 30.9 Å². The number of methoxy groups -OCH3 is 1. The molecule has 1 atom stereocenters. The van der Waals surface area contributed by atoms with Crippen molar-refractivity contribution in [3.63, 3.8) is 0 Å². The first-order chi connectivity index (χ1) is 13.7. The number of fused-ring (bicyclic) bond motifs is 1. The van der Waals surface area contributed by atoms with Crippen LogP contribution in [0.25, 0.3) is 11.0 Å². The average molecular weight is 379 g/mol. The second-order valence-electron chi connectivity index (χ2n) is 7.09. The van der Waals surface area contributed by atoms with E-state index in [1.54, 1.807) is 7.11 Å². The molecule has 146 valence electrons. The molecule has 1 amide bonds. The van der Waals surface area contributed by atoms with E-state index in [0.29, 0.717) is 32.5 Å². The Balaban J connectivity index is 1.31. The first-order valence-corrected chi connectivity index (χ1v) is 9.67. The van der Waals surface area contributed by atoms with Crippen LogP contribution in [-0.4, -0.2) is 53.7 Å². The number of hydrogen-bond donors (Lipinski definition) is 1. The lowest BCUT2D eigenvalue weighted by Gasteiger charge is -2.33. The van der Waals surface area contributed by atoms with Crippen LogP contribution in [0.4, 0.5) is 0 Å². The van der Waals surface area contributed by atoms with Crippen molar-refractivity contribution in [2.75, 3.05) is 26.8 Å². The topological polar surface area (TPSA) is 67.5 Å². The molecular weight excluding hydrogens is 354 g/mol. The molecular formula is C22H25N3O3. The van der Waals surface area contributed by atoms with Gasteiger partial charge >= 0.3 is 0 Å². The van der Waals surface area contributed by atoms with Crippen LogP contribution in [-0.2, 0) is 22.4 Å². The highest BCUT2D eigenvalue weighted by atomic mass is 16.5. The van der Waals surface area contributed by atoms with Gasteiger partial charge in [0.25, 0.3) is 0 Å². The normalized spacial score (nSPS) is 17.0. The van der Waals surface area contributed by atoms with Gasteiger partial charge < -0.3 is 19.4 Å². The van der Waals surface area contributed by atoms with E-state index in [1.807, 2.05) is 53.4 Å². The molecule has 1 N–H and O–H groups in total. The zero-order valence-corrected chi connectivity index (χ0v) is 16.1. The van der Waals surface area contributed by atoms with Gasteiger partial charge in [0.2, 0.25) is 5.91 Å². The molecule has 3 aromatic rings. The van der Waals surface area contributed by atoms with Crippen molar-refractivity contribution in [3.8, 4) is 5.75 Å². The van der Waals surface area contributed by atoms with E-state index in [1.165, 1.54) is 5.56 Å². The van der Waals surface area contributed by atoms with Crippen LogP contribution in [0.15, 0.2) is 48.5 Å². The van der Waals surface area contributed by atoms with E-state index in [9.17, 15) is 4.79 Å². The summed E-state index contributed by atoms with van der Waals surface area (Å²) in [5.41, 5.74) is 3.13. The van der Waals surface area contributed by atoms with Gasteiger partial charge in [0, 0.05) is 32.4 Å². The third kappa shape index (κ3) is 4.34. The van der Waals surface area contributed by atoms with Crippen LogP contribution in [0.3, 0.4) is 0 Å². The molecule has 0 aliphatic carbocycles. The zero-order valence-electron chi connectivity index (χ0n) is 16.1. The molecule has 0 spiro atoms. The van der Waals surface area contributed by atoms with Crippen molar-refractivity contribution >= 4 is 16.9 Å². The lowest BCUT2D eigenvalue weighted by molar-refractivity contribution is -0.138. The fourth-order valence-electron chi connectivity index (χ4n) is 3.60. The van der Waals surface area contributed by atoms with Gasteiger partial charge in [-0.3, -0.25) is 4.79 Å². The number of nitrogens with one attached hydrogen (secondary N) is 1. The Morgan fingerprint density at radius 1 is 1.25 bits per heavy atom. The van der Waals surface area contributed by atoms with Gasteiger partial charge in [-0.05, 0) is 29.8 Å². The number of para-hydroxylation sites is 2. The maximum absolute atomic E-state index is 12.7. The van der Waals surface area contributed by atoms with E-state index in [0.717, 1.165) is 29.0 Å². The largest absolute Gasteiger partial charge is 0.497 e. The molecule has 2 aromatic carbocycles. The molecule has 1 aliphatic heterocycles. The lowest BCUT2D eigenvalue weighted by atomic mass is 10.1. The average Bonchev–Trinajstić information content (AvgIpc) is 3.16. The fraction of sp³-hybridized carbons (Fsp3) is 0.364. The summed E-state index contributed by atoms with van der Waals surface area (Å²) in [5.74, 6) is 1.86. The molecule has 0 bridgehead atoms. The SMILES string of the molecule is COc1ccc(C[C@@H]2CN(C(=O)CCc3nc4ccccc4[nH]3)CCO2)cc1. The molecule has 1 aliphatic rings. The summed E-state index contributed by atoms with van der Waals surface area (Å²) in [5, 5.41) is 0. The Labute approximate surface area is 164 Å². The number of ether oxygens (including phenoxy) is 2. The standard InChI is InChI=1S/C22H25N3O3/c1-27-17-8-6-16(7-9-17)14-18-15-25(12-13-28-18)22(26)11-10-21-23-19-4-2-3-5-20(19)24-21/h2-9,18H,10-15H2,1H3,(H,23,24)/t18-/m1/s1. The monoisotopic (exact) mass is 379 g/mol. The van der Waals surface area contributed by atoms with Crippen molar-refractivity contribution in [2.24, 2.45) is 0 Å². The summed E-state index contributed by atoms with van der Waals surface area (Å²) in [4.78, 5) is 22.4. The number of imidazole rings is 1. The number of carbonyl (C=O) groups is 1. The predicted octanol–water partition coefficient (Wildman–Crippen LogP) is 2.97. The van der Waals surface area contributed by atoms with Crippen molar-refractivity contribution < 1.29 is 14.3 Å². The molecule has 1 aromatic heterocycles. The van der Waals surface area contributed by atoms with Crippen LogP contribution in [0.1, 0.15) is 17.8 Å². The van der Waals surface area contributed by atoms with E-state index in [4.69, 9.17) is 9.47 Å². The maximum atomic E-state index is 12.7. The second-order valence-corrected chi connectivity index (χ2v) is 7.09. The minimum absolute atomic E-state index is 0.0253. The molecule has 6 heteroatoms. The quantitative estimate of drug-likeness (QED) is 0.715. The third-order valence-corrected chi connectivity index (χ3v) is 5.13. The molecule has 0 unspecified atom stereocenters. The lowest BCUT2D eigenvalue weighted by Crippen LogP contribution is -2.46. The number of hydrogen-bond acceptors (Lipinski definition) is 4. The number of aromatic nitrogens is 2. The predicted molar refractivity (Wildman–Crippen MR) is 107 cm³/mol. The van der Waals surface area contributed by atoms with Crippen molar-refractivity contribution in [3.05, 3.63) is 59.9 Å². The Morgan fingerprint density at radius 3 is 2.86 bits per heavy atom. The van der Waals surface area contributed by atoms with Crippen LogP contribution in [0, 0.1) is 0 Å². The molecule has 6 nitrogen and oxygen atoms in total. The number of rotatable bonds is 6. The number of nitrogens with zero attached hydrogens (tertiary/aromatic N) is 2. The fourth-order valence-corrected chi connectivity index (χ4v) is 3.60. The molecule has 0 radical (unpaired) electrons. The second kappa shape index (κ2) is 8.44. The molecule has 4 rings (SSSR count). The summed E-state index contributed by atoms with van der Waals surface area (Å²) < 4.78 is 11.1. The molecule has 1 fully saturated rings. The molecule has 0 saturated carbocycles. The number of benzene rings is 2. The van der Waals surface area contributed by atoms with Gasteiger partial charge in [0.1, 0.15) is 11.6 Å². The van der Waals surface area contributed by atoms with Crippen molar-refractivity contribution in [1.82, 2.24) is 14.9 Å². The van der Waals surface area contributed by atoms with E-state index >= 15 is 0 Å². The number of morpholine rings is 1. The molecule has 1 saturated heterocycles. The third-order valence-electron chi connectivity index (χ3n) is 5.13. The summed E-state index contributed by atoms with van der Waals surface area (Å²) >= 11 is 0. The number of aryl methyl sites for hydroxylation is 1. The summed E-state index contributed by atoms with van der Waals surface area (Å²) in [6.07, 6.45) is 1.89. The van der Waals surface area contributed by atoms with Gasteiger partial charge in [-0.15, -0.1) is 0 Å². The first kappa shape index (κ1) is 18.5. The van der Waals surface area contributed by atoms with E-state index in [-0.39, 0.29) is 12.0 Å². The van der Waals surface area contributed by atoms with Gasteiger partial charge in [-0.2, -0.15) is 0 Å². The Morgan fingerprint density at radius 2 is 2.07 bits per heavy atom. The van der Waals surface area contributed by atoms with Crippen LogP contribution in [0.2, 0.25) is 0 Å². The van der Waals surface area contributed by atoms with Crippen LogP contribution < -0.4 is 4.74 Å². The highest BCUT2D eigenvalue weighted by Gasteiger charge is 2.24. The Bertz CT molecular complexity index is 903. The van der Waals surface area contributed by atoms with Crippen LogP contribution in [0.5, 0.6) is 5.75 Å². The number of amides is 1. The Hall–Kier alpha value is -2.86. The highest BCUT2D eigenvalue weighted by Crippen LogP contribution is 2.17. The zero-order chi connectivity index (χ0) is 19.3. The maximum Gasteiger partial charge on any atom is 0.223 e. The Kier molecular flexibility index (Phi) is 5.58. The minimum atomic E-state index is 0.0253. The molecule has 2 heterocycles. The summed E-state index contributed by atoms with van der Waals surface area (Å²) in [7, 11) is 1.66. The van der Waals surface area contributed by atoms with Gasteiger partial charge in [0.15, 0.2) is 0 Å². The van der Waals surface area contributed by atoms with Crippen LogP contribution >= 0.6 is 0 Å². The summed E-state index contributed by atoms with van der Waals surface area (Å²) in [6.45, 7) is 1.86. The number of carbonyl (C=O) groups excluding carboxylic acids is 1. The number of aromatic amines is 1. The van der Waals surface area contributed by atoms with Crippen molar-refractivity contribution in [2.45, 2.75) is 25.4 Å². The van der Waals surface area contributed by atoms with Gasteiger partial charge in [-0.25, -0.2) is 4.98 Å². The number of H-pyrrole nitrogens is 1. The van der Waals surface area contributed by atoms with Gasteiger partial charge in [-0.1, -0.05) is 24.3 Å². The smallest absolute Gasteiger partial charge is 0.223 e. The first-order valence-electron chi connectivity index (χ1n) is 9.67. The molecule has 28 heavy (non-hydrogen) atoms. The van der Waals surface area contributed by atoms with E-state index in [2.05, 4.69) is 9.97 Å². The summed E-state index contributed by atoms with van der Waals surface area (Å²) in [6, 6.07) is 15.9. The van der Waals surface area contributed by atoms with E-state index < -0.39 is 0 Å². The minimum Gasteiger partial charge on any atom is -0.497 e. The highest BCUT2D eigenvalue weighted by molar-refractivity contribution is 5.77.